The summed E-state index contributed by atoms with van der Waals surface area (Å²) in [7, 11) is 0. The minimum atomic E-state index is -4.45. The van der Waals surface area contributed by atoms with Gasteiger partial charge in [0, 0.05) is 118 Å². The molecule has 12 aromatic rings. The summed E-state index contributed by atoms with van der Waals surface area (Å²) < 4.78 is 96.7. The number of carbonyl (C=O) groups is 4. The van der Waals surface area contributed by atoms with Crippen molar-refractivity contribution in [1.29, 1.82) is 0 Å². The van der Waals surface area contributed by atoms with Crippen LogP contribution >= 0.6 is 61.3 Å². The minimum absolute atomic E-state index is 0.0644. The van der Waals surface area contributed by atoms with Gasteiger partial charge in [0.05, 0.1) is 41.2 Å². The van der Waals surface area contributed by atoms with E-state index >= 15 is 0 Å². The monoisotopic (exact) mass is 1850 g/mol. The van der Waals surface area contributed by atoms with Crippen molar-refractivity contribution in [2.24, 2.45) is 0 Å². The van der Waals surface area contributed by atoms with Crippen molar-refractivity contribution in [3.63, 3.8) is 0 Å². The summed E-state index contributed by atoms with van der Waals surface area (Å²) in [5, 5.41) is 44.4. The van der Waals surface area contributed by atoms with Crippen LogP contribution in [0.4, 0.5) is 22.0 Å². The third-order valence-electron chi connectivity index (χ3n) is 22.2. The summed E-state index contributed by atoms with van der Waals surface area (Å²) in [6, 6.07) is 27.4. The average molecular weight is 1850 g/mol. The van der Waals surface area contributed by atoms with Crippen molar-refractivity contribution in [2.45, 2.75) is 267 Å². The van der Waals surface area contributed by atoms with Gasteiger partial charge in [-0.05, 0) is 270 Å². The van der Waals surface area contributed by atoms with Gasteiger partial charge in [-0.2, -0.15) is 13.2 Å². The second-order valence-electron chi connectivity index (χ2n) is 36.3. The summed E-state index contributed by atoms with van der Waals surface area (Å²) in [5.74, 6) is -4.25. The van der Waals surface area contributed by atoms with Crippen molar-refractivity contribution in [1.82, 2.24) is 19.9 Å². The van der Waals surface area contributed by atoms with Gasteiger partial charge in [0.25, 0.3) is 6.43 Å². The Morgan fingerprint density at radius 1 is 0.384 bits per heavy atom. The van der Waals surface area contributed by atoms with Crippen molar-refractivity contribution in [3.8, 4) is 44.5 Å². The van der Waals surface area contributed by atoms with Crippen LogP contribution in [0, 0.1) is 34.6 Å². The van der Waals surface area contributed by atoms with Crippen LogP contribution in [0.2, 0.25) is 0 Å². The summed E-state index contributed by atoms with van der Waals surface area (Å²) in [6.45, 7) is 32.6. The summed E-state index contributed by atoms with van der Waals surface area (Å²) >= 11 is 10.2. The molecule has 8 aromatic heterocycles. The van der Waals surface area contributed by atoms with Crippen LogP contribution in [-0.4, -0.2) is 93.3 Å². The lowest BCUT2D eigenvalue weighted by atomic mass is 9.87. The molecule has 0 saturated carbocycles. The minimum Gasteiger partial charge on any atom is -0.479 e. The molecule has 27 heteroatoms. The lowest BCUT2D eigenvalue weighted by molar-refractivity contribution is -0.161. The largest absolute Gasteiger partial charge is 0.479 e. The highest BCUT2D eigenvalue weighted by Gasteiger charge is 2.41. The van der Waals surface area contributed by atoms with Crippen LogP contribution in [0.15, 0.2) is 102 Å². The van der Waals surface area contributed by atoms with Gasteiger partial charge in [0.15, 0.2) is 24.4 Å². The average Bonchev–Trinajstić information content (AvgIpc) is 1.63. The first kappa shape index (κ1) is 93.8. The number of thiophene rings is 4. The number of ether oxygens (including phenoxy) is 5. The number of aliphatic carboxylic acids is 4. The van der Waals surface area contributed by atoms with Crippen LogP contribution in [-0.2, 0) is 101 Å². The van der Waals surface area contributed by atoms with E-state index in [1.807, 2.05) is 107 Å². The van der Waals surface area contributed by atoms with Gasteiger partial charge in [-0.15, -0.1) is 45.3 Å². The van der Waals surface area contributed by atoms with Gasteiger partial charge in [-0.3, -0.25) is 0 Å². The number of carboxylic acid groups (broad SMARTS) is 4. The van der Waals surface area contributed by atoms with Gasteiger partial charge in [-0.1, -0.05) is 94.3 Å². The highest BCUT2D eigenvalue weighted by atomic mass is 79.9. The standard InChI is InChI=1S/C25H26F3NO3S.C25H27F2NO3S.C24H26BrNO3S.C24H27NO4S/c1-13-18(21(23(30)31)32-24(2,3)4)19(14-9-11-15(12-10-14)25(26,27)28)20-16-7-5-6-8-17(16)33-22(20)29-13;1-13-18(21(24(29)30)31-25(2,3)4)19(14-9-11-15(12-10-14)22(26)27)20-16-7-5-6-8-17(16)32-23(20)28-13;1-13-18(21(23(27)28)29-24(2,3)4)19(14-9-11-15(25)12-10-14)20-16-7-5-6-8-17(16)30-22(20)26-13;1-13-6-8-15(9-7-13)19-18(21(23(26)27)29-24(3,4)5)14(2)25-22-20(19)16-10-11-28-12-17(16)30-22/h9-12,21H,5-8H2,1-4H3,(H,30,31);9-12,21-22H,5-8H2,1-4H3,(H,29,30);9-12,21H,5-8H2,1-4H3,(H,27,28);6-9,21H,10-12H2,1-5H3,(H,26,27)/t4*21-/m0000/s1. The maximum absolute atomic E-state index is 13.2. The number of hydrogen-bond donors (Lipinski definition) is 4. The Morgan fingerprint density at radius 2 is 0.648 bits per heavy atom. The topological polar surface area (TPSA) is 247 Å². The molecule has 0 bridgehead atoms. The second-order valence-corrected chi connectivity index (χ2v) is 41.5. The Balaban J connectivity index is 0.000000143. The molecular formula is C98H106BrF5N4O13S4. The zero-order valence-corrected chi connectivity index (χ0v) is 78.2. The molecule has 0 saturated heterocycles. The number of carboxylic acids is 4. The van der Waals surface area contributed by atoms with E-state index in [0.717, 1.165) is 179 Å². The quantitative estimate of drug-likeness (QED) is 0.0619. The van der Waals surface area contributed by atoms with E-state index < -0.39 is 88.9 Å². The zero-order chi connectivity index (χ0) is 90.6. The molecule has 125 heavy (non-hydrogen) atoms. The number of halogens is 6. The first-order valence-corrected chi connectivity index (χ1v) is 46.2. The fourth-order valence-electron chi connectivity index (χ4n) is 17.1. The van der Waals surface area contributed by atoms with Crippen LogP contribution < -0.4 is 0 Å². The van der Waals surface area contributed by atoms with Gasteiger partial charge in [0.1, 0.15) is 19.3 Å². The molecule has 17 nitrogen and oxygen atoms in total. The van der Waals surface area contributed by atoms with E-state index in [4.69, 9.17) is 43.6 Å². The number of aryl methyl sites for hydroxylation is 11. The van der Waals surface area contributed by atoms with Crippen LogP contribution in [0.1, 0.15) is 256 Å². The Labute approximate surface area is 749 Å². The number of nitrogens with zero attached hydrogens (tertiary/aromatic N) is 4. The van der Waals surface area contributed by atoms with E-state index in [1.165, 1.54) is 66.9 Å². The number of hydrogen-bond acceptors (Lipinski definition) is 17. The third-order valence-corrected chi connectivity index (χ3v) is 27.4. The molecule has 4 atom stereocenters. The van der Waals surface area contributed by atoms with Gasteiger partial charge < -0.3 is 44.1 Å². The molecule has 4 N–H and O–H groups in total. The molecule has 1 aliphatic heterocycles. The molecule has 4 aromatic carbocycles. The number of pyridine rings is 4. The van der Waals surface area contributed by atoms with E-state index in [2.05, 4.69) is 40.2 Å². The van der Waals surface area contributed by atoms with Gasteiger partial charge in [0.2, 0.25) is 0 Å². The molecule has 0 spiro atoms. The SMILES string of the molecule is Cc1ccc(-c2c([C@H](OC(C)(C)C)C(=O)O)c(C)nc3sc4c(c23)CCOC4)cc1.Cc1nc2sc3c(c2c(-c2ccc(Br)cc2)c1[C@H](OC(C)(C)C)C(=O)O)CCCC3.Cc1nc2sc3c(c2c(-c2ccc(C(F)(F)F)cc2)c1[C@H](OC(C)(C)C)C(=O)O)CCCC3.Cc1nc2sc3c(c2c(-c2ccc(C(F)F)cc2)c1[C@H](OC(C)(C)C)C(=O)O)CCCC3. The Morgan fingerprint density at radius 3 is 0.928 bits per heavy atom. The van der Waals surface area contributed by atoms with Crippen molar-refractivity contribution < 1.29 is 85.2 Å². The lowest BCUT2D eigenvalue weighted by Gasteiger charge is -2.28. The molecule has 0 fully saturated rings. The predicted octanol–water partition coefficient (Wildman–Crippen LogP) is 26.6. The molecule has 9 heterocycles. The maximum atomic E-state index is 13.2. The number of aromatic nitrogens is 4. The number of rotatable bonds is 17. The van der Waals surface area contributed by atoms with E-state index in [1.54, 1.807) is 92.1 Å². The molecule has 3 aliphatic carbocycles. The predicted molar refractivity (Wildman–Crippen MR) is 490 cm³/mol. The smallest absolute Gasteiger partial charge is 0.416 e. The van der Waals surface area contributed by atoms with Crippen LogP contribution in [0.5, 0.6) is 0 Å². The second kappa shape index (κ2) is 37.4. The van der Waals surface area contributed by atoms with Crippen molar-refractivity contribution in [3.05, 3.63) is 205 Å². The van der Waals surface area contributed by atoms with E-state index in [9.17, 15) is 61.6 Å². The van der Waals surface area contributed by atoms with Gasteiger partial charge in [-0.25, -0.2) is 47.9 Å². The Hall–Kier alpha value is -8.87. The zero-order valence-electron chi connectivity index (χ0n) is 73.4. The molecule has 0 radical (unpaired) electrons. The fraction of sp³-hybridized carbons (Fsp3) is 0.429. The molecule has 4 aliphatic rings. The van der Waals surface area contributed by atoms with E-state index in [0.29, 0.717) is 69.2 Å². The van der Waals surface area contributed by atoms with Gasteiger partial charge >= 0.3 is 30.1 Å². The van der Waals surface area contributed by atoms with Crippen LogP contribution in [0.25, 0.3) is 85.4 Å². The van der Waals surface area contributed by atoms with Crippen molar-refractivity contribution >= 4 is 126 Å². The molecule has 0 amide bonds. The fourth-order valence-corrected chi connectivity index (χ4v) is 22.5. The Bertz CT molecular complexity index is 5890. The number of fused-ring (bicyclic) bond motifs is 12. The first-order chi connectivity index (χ1) is 58.7. The highest BCUT2D eigenvalue weighted by Crippen LogP contribution is 2.52. The number of benzene rings is 4. The first-order valence-electron chi connectivity index (χ1n) is 42.1. The Kier molecular flexibility index (Phi) is 28.1. The van der Waals surface area contributed by atoms with Crippen molar-refractivity contribution in [2.75, 3.05) is 6.61 Å². The highest BCUT2D eigenvalue weighted by molar-refractivity contribution is 9.10. The summed E-state index contributed by atoms with van der Waals surface area (Å²) in [5.41, 5.74) is 13.7. The third kappa shape index (κ3) is 21.0. The van der Waals surface area contributed by atoms with Crippen LogP contribution in [0.3, 0.4) is 0 Å². The maximum Gasteiger partial charge on any atom is 0.416 e. The molecule has 16 rings (SSSR count). The molecule has 0 unspecified atom stereocenters. The summed E-state index contributed by atoms with van der Waals surface area (Å²) in [4.78, 5) is 77.4. The lowest BCUT2D eigenvalue weighted by Crippen LogP contribution is -2.28. The number of alkyl halides is 5. The summed E-state index contributed by atoms with van der Waals surface area (Å²) in [6.07, 6.45) is 1.43. The normalized spacial score (nSPS) is 15.3. The molecular weight excluding hydrogens is 1740 g/mol. The van der Waals surface area contributed by atoms with E-state index in [-0.39, 0.29) is 5.56 Å². The molecule has 662 valence electrons.